The molecule has 11 heteroatoms. The summed E-state index contributed by atoms with van der Waals surface area (Å²) in [5, 5.41) is 14.6. The molecule has 1 aliphatic heterocycles. The molecule has 9 N–H and O–H groups in total. The van der Waals surface area contributed by atoms with Gasteiger partial charge in [0.1, 0.15) is 18.1 Å². The molecular weight excluding hydrogens is 404 g/mol. The molecule has 1 fully saturated rings. The Morgan fingerprint density at radius 2 is 1.61 bits per heavy atom. The zero-order valence-electron chi connectivity index (χ0n) is 18.3. The quantitative estimate of drug-likeness (QED) is 0.177. The number of hydrogen-bond donors (Lipinski definition) is 6. The number of hydrogen-bond acceptors (Lipinski definition) is 7. The van der Waals surface area contributed by atoms with E-state index in [1.807, 2.05) is 0 Å². The predicted molar refractivity (Wildman–Crippen MR) is 116 cm³/mol. The molecule has 31 heavy (non-hydrogen) atoms. The number of unbranched alkanes of at least 4 members (excludes halogenated alkanes) is 2. The summed E-state index contributed by atoms with van der Waals surface area (Å²) in [5.74, 6) is -2.45. The van der Waals surface area contributed by atoms with Crippen molar-refractivity contribution in [1.29, 1.82) is 0 Å². The first kappa shape index (κ1) is 26.8. The molecule has 0 saturated carbocycles. The summed E-state index contributed by atoms with van der Waals surface area (Å²) < 4.78 is 0. The Balaban J connectivity index is 2.72. The van der Waals surface area contributed by atoms with E-state index in [0.717, 1.165) is 6.42 Å². The average Bonchev–Trinajstić information content (AvgIpc) is 3.22. The largest absolute Gasteiger partial charge is 0.480 e. The van der Waals surface area contributed by atoms with Crippen LogP contribution < -0.4 is 27.8 Å². The summed E-state index contributed by atoms with van der Waals surface area (Å²) in [6, 6.07) is -3.40. The van der Waals surface area contributed by atoms with Gasteiger partial charge in [0.05, 0.1) is 6.04 Å². The van der Waals surface area contributed by atoms with Crippen LogP contribution in [0, 0.1) is 0 Å². The maximum absolute atomic E-state index is 12.8. The summed E-state index contributed by atoms with van der Waals surface area (Å²) in [6.45, 7) is 2.82. The van der Waals surface area contributed by atoms with Crippen LogP contribution in [0.5, 0.6) is 0 Å². The van der Waals surface area contributed by atoms with Gasteiger partial charge in [-0.25, -0.2) is 4.79 Å². The highest BCUT2D eigenvalue weighted by Gasteiger charge is 2.36. The fourth-order valence-electron chi connectivity index (χ4n) is 3.59. The van der Waals surface area contributed by atoms with E-state index in [-0.39, 0.29) is 0 Å². The highest BCUT2D eigenvalue weighted by atomic mass is 16.4. The summed E-state index contributed by atoms with van der Waals surface area (Å²) in [7, 11) is 0. The van der Waals surface area contributed by atoms with E-state index >= 15 is 0 Å². The standard InChI is InChI=1S/C20H38N6O5/c1-13(19(29)26-12-6-9-16(26)20(30)31)24-18(28)15(8-3-5-11-22)25-17(27)14(23)7-2-4-10-21/h13-16H,2-12,21-23H2,1H3,(H,24,28)(H,25,27)(H,30,31)/t13-,14-,15-,16-/m0/s1. The Morgan fingerprint density at radius 1 is 1.00 bits per heavy atom. The van der Waals surface area contributed by atoms with Crippen LogP contribution in [-0.4, -0.2) is 77.5 Å². The molecule has 0 aliphatic carbocycles. The number of rotatable bonds is 14. The molecular formula is C20H38N6O5. The number of aliphatic carboxylic acids is 1. The van der Waals surface area contributed by atoms with Crippen LogP contribution >= 0.6 is 0 Å². The predicted octanol–water partition coefficient (Wildman–Crippen LogP) is -1.36. The third-order valence-corrected chi connectivity index (χ3v) is 5.44. The number of carbonyl (C=O) groups is 4. The molecule has 4 atom stereocenters. The van der Waals surface area contributed by atoms with Gasteiger partial charge in [-0.3, -0.25) is 14.4 Å². The number of nitrogens with two attached hydrogens (primary N) is 3. The van der Waals surface area contributed by atoms with Gasteiger partial charge < -0.3 is 37.8 Å². The molecule has 1 saturated heterocycles. The Kier molecular flexibility index (Phi) is 12.1. The summed E-state index contributed by atoms with van der Waals surface area (Å²) >= 11 is 0. The van der Waals surface area contributed by atoms with E-state index in [4.69, 9.17) is 17.2 Å². The van der Waals surface area contributed by atoms with E-state index in [1.165, 1.54) is 11.8 Å². The molecule has 0 aromatic rings. The normalized spacial score (nSPS) is 18.8. The average molecular weight is 443 g/mol. The topological polar surface area (TPSA) is 194 Å². The molecule has 1 heterocycles. The number of nitrogens with one attached hydrogen (secondary N) is 2. The van der Waals surface area contributed by atoms with E-state index in [1.54, 1.807) is 0 Å². The molecule has 0 aromatic heterocycles. The van der Waals surface area contributed by atoms with Crippen LogP contribution in [0.3, 0.4) is 0 Å². The molecule has 3 amide bonds. The summed E-state index contributed by atoms with van der Waals surface area (Å²) in [6.07, 6.45) is 4.58. The smallest absolute Gasteiger partial charge is 0.326 e. The van der Waals surface area contributed by atoms with Gasteiger partial charge in [0.15, 0.2) is 0 Å². The van der Waals surface area contributed by atoms with Crippen molar-refractivity contribution in [3.63, 3.8) is 0 Å². The van der Waals surface area contributed by atoms with Crippen molar-refractivity contribution >= 4 is 23.7 Å². The van der Waals surface area contributed by atoms with Crippen molar-refractivity contribution in [3.05, 3.63) is 0 Å². The van der Waals surface area contributed by atoms with Gasteiger partial charge in [0, 0.05) is 6.54 Å². The molecule has 0 unspecified atom stereocenters. The second-order valence-electron chi connectivity index (χ2n) is 7.99. The maximum atomic E-state index is 12.8. The van der Waals surface area contributed by atoms with Gasteiger partial charge in [0.25, 0.3) is 0 Å². The van der Waals surface area contributed by atoms with Crippen LogP contribution in [0.25, 0.3) is 0 Å². The summed E-state index contributed by atoms with van der Waals surface area (Å²) in [5.41, 5.74) is 16.9. The number of carbonyl (C=O) groups excluding carboxylic acids is 3. The number of nitrogens with zero attached hydrogens (tertiary/aromatic N) is 1. The van der Waals surface area contributed by atoms with Gasteiger partial charge in [-0.2, -0.15) is 0 Å². The van der Waals surface area contributed by atoms with Crippen molar-refractivity contribution < 1.29 is 24.3 Å². The third-order valence-electron chi connectivity index (χ3n) is 5.44. The molecule has 0 aromatic carbocycles. The molecule has 0 bridgehead atoms. The van der Waals surface area contributed by atoms with Crippen molar-refractivity contribution in [2.75, 3.05) is 19.6 Å². The highest BCUT2D eigenvalue weighted by Crippen LogP contribution is 2.18. The Bertz CT molecular complexity index is 617. The second-order valence-corrected chi connectivity index (χ2v) is 7.99. The molecule has 11 nitrogen and oxygen atoms in total. The Morgan fingerprint density at radius 3 is 2.19 bits per heavy atom. The fraction of sp³-hybridized carbons (Fsp3) is 0.800. The zero-order valence-corrected chi connectivity index (χ0v) is 18.3. The van der Waals surface area contributed by atoms with Crippen molar-refractivity contribution in [2.45, 2.75) is 82.5 Å². The van der Waals surface area contributed by atoms with Crippen molar-refractivity contribution in [2.24, 2.45) is 17.2 Å². The lowest BCUT2D eigenvalue weighted by Crippen LogP contribution is -2.56. The first-order valence-corrected chi connectivity index (χ1v) is 11.0. The van der Waals surface area contributed by atoms with Gasteiger partial charge in [-0.1, -0.05) is 6.42 Å². The number of carboxylic acid groups (broad SMARTS) is 1. The number of carboxylic acids is 1. The lowest BCUT2D eigenvalue weighted by atomic mass is 10.1. The van der Waals surface area contributed by atoms with Crippen molar-refractivity contribution in [1.82, 2.24) is 15.5 Å². The lowest BCUT2D eigenvalue weighted by Gasteiger charge is -2.27. The minimum atomic E-state index is -1.06. The van der Waals surface area contributed by atoms with E-state index in [2.05, 4.69) is 10.6 Å². The van der Waals surface area contributed by atoms with E-state index in [9.17, 15) is 24.3 Å². The first-order chi connectivity index (χ1) is 14.7. The minimum absolute atomic E-state index is 0.338. The van der Waals surface area contributed by atoms with Gasteiger partial charge in [-0.15, -0.1) is 0 Å². The number of amides is 3. The highest BCUT2D eigenvalue weighted by molar-refractivity contribution is 5.94. The van der Waals surface area contributed by atoms with Crippen LogP contribution in [0.1, 0.15) is 58.3 Å². The zero-order chi connectivity index (χ0) is 23.4. The maximum Gasteiger partial charge on any atom is 0.326 e. The SMILES string of the molecule is C[C@H](NC(=O)[C@H](CCCCN)NC(=O)[C@@H](N)CCCCN)C(=O)N1CCC[C@H]1C(=O)O. The van der Waals surface area contributed by atoms with E-state index in [0.29, 0.717) is 64.6 Å². The summed E-state index contributed by atoms with van der Waals surface area (Å²) in [4.78, 5) is 50.5. The fourth-order valence-corrected chi connectivity index (χ4v) is 3.59. The van der Waals surface area contributed by atoms with Gasteiger partial charge >= 0.3 is 5.97 Å². The van der Waals surface area contributed by atoms with Crippen LogP contribution in [0.2, 0.25) is 0 Å². The molecule has 0 spiro atoms. The molecule has 0 radical (unpaired) electrons. The Hall–Kier alpha value is -2.24. The third kappa shape index (κ3) is 8.80. The van der Waals surface area contributed by atoms with Crippen LogP contribution in [0.4, 0.5) is 0 Å². The monoisotopic (exact) mass is 442 g/mol. The molecule has 178 valence electrons. The lowest BCUT2D eigenvalue weighted by molar-refractivity contribution is -0.149. The van der Waals surface area contributed by atoms with Crippen LogP contribution in [-0.2, 0) is 19.2 Å². The number of likely N-dealkylation sites (tertiary alicyclic amines) is 1. The molecule has 1 aliphatic rings. The van der Waals surface area contributed by atoms with Gasteiger partial charge in [0.2, 0.25) is 17.7 Å². The first-order valence-electron chi connectivity index (χ1n) is 11.0. The molecule has 1 rings (SSSR count). The minimum Gasteiger partial charge on any atom is -0.480 e. The van der Waals surface area contributed by atoms with Gasteiger partial charge in [-0.05, 0) is 65.0 Å². The van der Waals surface area contributed by atoms with E-state index < -0.39 is 47.9 Å². The second kappa shape index (κ2) is 13.9. The Labute approximate surface area is 183 Å². The van der Waals surface area contributed by atoms with Crippen LogP contribution in [0.15, 0.2) is 0 Å². The van der Waals surface area contributed by atoms with Crippen molar-refractivity contribution in [3.8, 4) is 0 Å².